The molecule has 0 N–H and O–H groups in total. The van der Waals surface area contributed by atoms with Crippen LogP contribution in [0.25, 0.3) is 0 Å². The molecule has 110 valence electrons. The highest BCUT2D eigenvalue weighted by Crippen LogP contribution is 2.36. The molecule has 2 aromatic rings. The second-order valence-electron chi connectivity index (χ2n) is 5.75. The van der Waals surface area contributed by atoms with E-state index in [-0.39, 0.29) is 6.10 Å². The van der Waals surface area contributed by atoms with E-state index in [1.165, 1.54) is 11.1 Å². The van der Waals surface area contributed by atoms with Crippen LogP contribution in [0.4, 0.5) is 0 Å². The molecule has 1 heterocycles. The minimum Gasteiger partial charge on any atom is -0.370 e. The van der Waals surface area contributed by atoms with Crippen LogP contribution in [0.3, 0.4) is 0 Å². The van der Waals surface area contributed by atoms with Crippen molar-refractivity contribution < 1.29 is 4.74 Å². The van der Waals surface area contributed by atoms with E-state index in [0.717, 1.165) is 25.7 Å². The average Bonchev–Trinajstić information content (AvgIpc) is 2.54. The molecule has 0 aromatic heterocycles. The maximum Gasteiger partial charge on any atom is 0.0839 e. The Hall–Kier alpha value is -1.12. The Labute approximate surface area is 135 Å². The zero-order chi connectivity index (χ0) is 14.5. The molecule has 0 saturated carbocycles. The molecule has 2 heteroatoms. The summed E-state index contributed by atoms with van der Waals surface area (Å²) in [7, 11) is 0. The van der Waals surface area contributed by atoms with Crippen LogP contribution < -0.4 is 0 Å². The lowest BCUT2D eigenvalue weighted by molar-refractivity contribution is -0.0512. The van der Waals surface area contributed by atoms with Crippen molar-refractivity contribution in [2.75, 3.05) is 0 Å². The van der Waals surface area contributed by atoms with Crippen molar-refractivity contribution >= 4 is 15.9 Å². The number of hydrogen-bond donors (Lipinski definition) is 0. The zero-order valence-corrected chi connectivity index (χ0v) is 13.7. The summed E-state index contributed by atoms with van der Waals surface area (Å²) in [6, 6.07) is 21.3. The Kier molecular flexibility index (Phi) is 5.10. The maximum atomic E-state index is 6.33. The van der Waals surface area contributed by atoms with Crippen molar-refractivity contribution in [1.82, 2.24) is 0 Å². The Morgan fingerprint density at radius 1 is 0.905 bits per heavy atom. The molecule has 3 atom stereocenters. The third-order valence-electron chi connectivity index (χ3n) is 4.11. The second-order valence-corrected chi connectivity index (χ2v) is 7.05. The molecular formula is C19H21BrO. The molecule has 0 radical (unpaired) electrons. The average molecular weight is 345 g/mol. The fourth-order valence-electron chi connectivity index (χ4n) is 3.00. The normalized spacial score (nSPS) is 25.7. The van der Waals surface area contributed by atoms with Crippen molar-refractivity contribution in [1.29, 1.82) is 0 Å². The fourth-order valence-corrected chi connectivity index (χ4v) is 3.75. The highest BCUT2D eigenvalue weighted by Gasteiger charge is 2.28. The molecule has 1 fully saturated rings. The van der Waals surface area contributed by atoms with Crippen LogP contribution >= 0.6 is 15.9 Å². The summed E-state index contributed by atoms with van der Waals surface area (Å²) in [5, 5.41) is 0. The fraction of sp³-hybridized carbons (Fsp3) is 0.368. The summed E-state index contributed by atoms with van der Waals surface area (Å²) in [5.41, 5.74) is 2.69. The van der Waals surface area contributed by atoms with Gasteiger partial charge < -0.3 is 4.74 Å². The SMILES string of the molecule is Br[C@H]1C[C@@H](CCc2ccccc2)O[C@@H](c2ccccc2)C1. The van der Waals surface area contributed by atoms with Gasteiger partial charge in [-0.1, -0.05) is 76.6 Å². The predicted octanol–water partition coefficient (Wildman–Crippen LogP) is 5.30. The first-order valence-electron chi connectivity index (χ1n) is 7.69. The van der Waals surface area contributed by atoms with Gasteiger partial charge in [0.25, 0.3) is 0 Å². The number of rotatable bonds is 4. The van der Waals surface area contributed by atoms with Crippen molar-refractivity contribution in [3.8, 4) is 0 Å². The molecule has 1 saturated heterocycles. The third kappa shape index (κ3) is 4.18. The van der Waals surface area contributed by atoms with Crippen LogP contribution in [0.15, 0.2) is 60.7 Å². The first kappa shape index (κ1) is 14.8. The molecule has 0 amide bonds. The minimum absolute atomic E-state index is 0.227. The lowest BCUT2D eigenvalue weighted by atomic mass is 9.95. The number of ether oxygens (including phenoxy) is 1. The molecule has 2 aromatic carbocycles. The molecule has 0 spiro atoms. The Morgan fingerprint density at radius 2 is 1.57 bits per heavy atom. The number of halogens is 1. The monoisotopic (exact) mass is 344 g/mol. The lowest BCUT2D eigenvalue weighted by Gasteiger charge is -2.33. The quantitative estimate of drug-likeness (QED) is 0.683. The van der Waals surface area contributed by atoms with Crippen LogP contribution in [-0.4, -0.2) is 10.9 Å². The molecule has 1 aliphatic rings. The van der Waals surface area contributed by atoms with Gasteiger partial charge in [-0.3, -0.25) is 0 Å². The van der Waals surface area contributed by atoms with E-state index >= 15 is 0 Å². The van der Waals surface area contributed by atoms with Gasteiger partial charge in [0.1, 0.15) is 0 Å². The summed E-state index contributed by atoms with van der Waals surface area (Å²) in [6.45, 7) is 0. The van der Waals surface area contributed by atoms with Gasteiger partial charge in [0, 0.05) is 4.83 Å². The first-order valence-corrected chi connectivity index (χ1v) is 8.61. The van der Waals surface area contributed by atoms with Gasteiger partial charge in [-0.05, 0) is 36.8 Å². The second kappa shape index (κ2) is 7.24. The van der Waals surface area contributed by atoms with Gasteiger partial charge in [0.2, 0.25) is 0 Å². The van der Waals surface area contributed by atoms with Crippen molar-refractivity contribution in [2.45, 2.75) is 42.7 Å². The Balaban J connectivity index is 1.61. The van der Waals surface area contributed by atoms with Gasteiger partial charge in [0.15, 0.2) is 0 Å². The zero-order valence-electron chi connectivity index (χ0n) is 12.1. The maximum absolute atomic E-state index is 6.33. The van der Waals surface area contributed by atoms with Gasteiger partial charge in [-0.25, -0.2) is 0 Å². The summed E-state index contributed by atoms with van der Waals surface area (Å²) in [5.74, 6) is 0. The van der Waals surface area contributed by atoms with Crippen LogP contribution in [0.1, 0.15) is 36.5 Å². The summed E-state index contributed by atoms with van der Waals surface area (Å²) < 4.78 is 6.33. The highest BCUT2D eigenvalue weighted by atomic mass is 79.9. The molecular weight excluding hydrogens is 324 g/mol. The Bertz CT molecular complexity index is 540. The molecule has 1 nitrogen and oxygen atoms in total. The molecule has 3 rings (SSSR count). The number of benzene rings is 2. The van der Waals surface area contributed by atoms with Crippen molar-refractivity contribution in [2.24, 2.45) is 0 Å². The smallest absolute Gasteiger partial charge is 0.0839 e. The van der Waals surface area contributed by atoms with Crippen LogP contribution in [0, 0.1) is 0 Å². The summed E-state index contributed by atoms with van der Waals surface area (Å²) in [4.78, 5) is 0.553. The largest absolute Gasteiger partial charge is 0.370 e. The number of aryl methyl sites for hydroxylation is 1. The van der Waals surface area contributed by atoms with E-state index in [1.54, 1.807) is 0 Å². The van der Waals surface area contributed by atoms with Gasteiger partial charge in [-0.2, -0.15) is 0 Å². The van der Waals surface area contributed by atoms with E-state index in [4.69, 9.17) is 4.74 Å². The van der Waals surface area contributed by atoms with E-state index < -0.39 is 0 Å². The summed E-state index contributed by atoms with van der Waals surface area (Å²) >= 11 is 3.81. The van der Waals surface area contributed by atoms with Crippen molar-refractivity contribution in [3.63, 3.8) is 0 Å². The van der Waals surface area contributed by atoms with Gasteiger partial charge in [-0.15, -0.1) is 0 Å². The van der Waals surface area contributed by atoms with E-state index in [0.29, 0.717) is 10.9 Å². The number of alkyl halides is 1. The number of hydrogen-bond acceptors (Lipinski definition) is 1. The van der Waals surface area contributed by atoms with Crippen LogP contribution in [0.2, 0.25) is 0 Å². The topological polar surface area (TPSA) is 9.23 Å². The van der Waals surface area contributed by atoms with Crippen LogP contribution in [0.5, 0.6) is 0 Å². The standard InChI is InChI=1S/C19H21BrO/c20-17-13-18(12-11-15-7-3-1-4-8-15)21-19(14-17)16-9-5-2-6-10-16/h1-10,17-19H,11-14H2/t17-,18+,19+/m0/s1. The lowest BCUT2D eigenvalue weighted by Crippen LogP contribution is -2.29. The van der Waals surface area contributed by atoms with Gasteiger partial charge in [0.05, 0.1) is 12.2 Å². The third-order valence-corrected chi connectivity index (χ3v) is 4.86. The Morgan fingerprint density at radius 3 is 2.29 bits per heavy atom. The first-order chi connectivity index (χ1) is 10.3. The highest BCUT2D eigenvalue weighted by molar-refractivity contribution is 9.09. The van der Waals surface area contributed by atoms with Gasteiger partial charge >= 0.3 is 0 Å². The minimum atomic E-state index is 0.227. The molecule has 0 unspecified atom stereocenters. The molecule has 0 aliphatic carbocycles. The van der Waals surface area contributed by atoms with E-state index in [2.05, 4.69) is 76.6 Å². The van der Waals surface area contributed by atoms with E-state index in [9.17, 15) is 0 Å². The molecule has 0 bridgehead atoms. The van der Waals surface area contributed by atoms with E-state index in [1.807, 2.05) is 0 Å². The van der Waals surface area contributed by atoms with Crippen molar-refractivity contribution in [3.05, 3.63) is 71.8 Å². The van der Waals surface area contributed by atoms with Crippen LogP contribution in [-0.2, 0) is 11.2 Å². The predicted molar refractivity (Wildman–Crippen MR) is 90.8 cm³/mol. The summed E-state index contributed by atoms with van der Waals surface area (Å²) in [6.07, 6.45) is 4.92. The molecule has 1 aliphatic heterocycles. The molecule has 21 heavy (non-hydrogen) atoms.